The number of hydrogen-bond acceptors (Lipinski definition) is 4. The van der Waals surface area contributed by atoms with Crippen molar-refractivity contribution in [2.24, 2.45) is 17.6 Å². The molecule has 0 aromatic heterocycles. The minimum absolute atomic E-state index is 0.112. The van der Waals surface area contributed by atoms with Crippen LogP contribution in [0.15, 0.2) is 0 Å². The van der Waals surface area contributed by atoms with Crippen molar-refractivity contribution in [3.63, 3.8) is 0 Å². The lowest BCUT2D eigenvalue weighted by molar-refractivity contribution is -0.141. The number of piperidine rings is 1. The van der Waals surface area contributed by atoms with Crippen molar-refractivity contribution in [3.05, 3.63) is 0 Å². The van der Waals surface area contributed by atoms with E-state index >= 15 is 0 Å². The van der Waals surface area contributed by atoms with E-state index in [0.29, 0.717) is 18.3 Å². The van der Waals surface area contributed by atoms with Crippen molar-refractivity contribution in [1.29, 1.82) is 0 Å². The highest BCUT2D eigenvalue weighted by atomic mass is 16.5. The van der Waals surface area contributed by atoms with Gasteiger partial charge in [0.15, 0.2) is 0 Å². The van der Waals surface area contributed by atoms with Gasteiger partial charge in [0.1, 0.15) is 0 Å². The number of likely N-dealkylation sites (tertiary alicyclic amines) is 1. The fourth-order valence-electron chi connectivity index (χ4n) is 2.65. The van der Waals surface area contributed by atoms with Gasteiger partial charge < -0.3 is 15.4 Å². The van der Waals surface area contributed by atoms with Crippen LogP contribution in [0, 0.1) is 11.8 Å². The maximum atomic E-state index is 11.1. The first-order valence-corrected chi connectivity index (χ1v) is 6.56. The topological polar surface area (TPSA) is 55.6 Å². The monoisotopic (exact) mass is 242 g/mol. The maximum absolute atomic E-state index is 11.1. The lowest BCUT2D eigenvalue weighted by Gasteiger charge is -2.37. The van der Waals surface area contributed by atoms with Crippen molar-refractivity contribution in [2.45, 2.75) is 39.2 Å². The highest BCUT2D eigenvalue weighted by molar-refractivity contribution is 5.69. The molecule has 17 heavy (non-hydrogen) atoms. The van der Waals surface area contributed by atoms with E-state index < -0.39 is 0 Å². The number of nitrogens with zero attached hydrogens (tertiary/aromatic N) is 1. The highest BCUT2D eigenvalue weighted by Gasteiger charge is 2.25. The van der Waals surface area contributed by atoms with Gasteiger partial charge in [-0.3, -0.25) is 4.79 Å². The van der Waals surface area contributed by atoms with E-state index in [0.717, 1.165) is 32.5 Å². The van der Waals surface area contributed by atoms with E-state index in [1.165, 1.54) is 7.11 Å². The average Bonchev–Trinajstić information content (AvgIpc) is 2.24. The van der Waals surface area contributed by atoms with Crippen LogP contribution in [0.2, 0.25) is 0 Å². The van der Waals surface area contributed by atoms with Gasteiger partial charge in [0.05, 0.1) is 7.11 Å². The third kappa shape index (κ3) is 5.50. The number of nitrogens with two attached hydrogens (primary N) is 1. The number of ether oxygens (including phenoxy) is 1. The zero-order valence-corrected chi connectivity index (χ0v) is 11.3. The van der Waals surface area contributed by atoms with E-state index in [-0.39, 0.29) is 12.0 Å². The number of esters is 1. The Balaban J connectivity index is 2.36. The molecule has 1 aliphatic rings. The Kier molecular flexibility index (Phi) is 5.92. The molecule has 100 valence electrons. The number of hydrogen-bond donors (Lipinski definition) is 1. The van der Waals surface area contributed by atoms with Crippen LogP contribution in [0.5, 0.6) is 0 Å². The van der Waals surface area contributed by atoms with Crippen LogP contribution < -0.4 is 5.73 Å². The molecule has 0 amide bonds. The summed E-state index contributed by atoms with van der Waals surface area (Å²) < 4.78 is 4.68. The molecule has 4 heteroatoms. The van der Waals surface area contributed by atoms with E-state index in [1.54, 1.807) is 0 Å². The third-order valence-corrected chi connectivity index (χ3v) is 3.25. The normalized spacial score (nSPS) is 26.2. The molecule has 1 aliphatic heterocycles. The molecule has 1 saturated heterocycles. The van der Waals surface area contributed by atoms with Crippen LogP contribution in [0.1, 0.15) is 33.1 Å². The number of carbonyl (C=O) groups is 1. The molecule has 2 unspecified atom stereocenters. The second kappa shape index (κ2) is 6.97. The summed E-state index contributed by atoms with van der Waals surface area (Å²) in [7, 11) is 1.44. The van der Waals surface area contributed by atoms with Gasteiger partial charge in [0, 0.05) is 32.1 Å². The van der Waals surface area contributed by atoms with E-state index in [4.69, 9.17) is 5.73 Å². The predicted molar refractivity (Wildman–Crippen MR) is 68.6 cm³/mol. The largest absolute Gasteiger partial charge is 0.469 e. The van der Waals surface area contributed by atoms with Crippen LogP contribution in [-0.2, 0) is 9.53 Å². The Bertz CT molecular complexity index is 242. The molecule has 1 heterocycles. The fraction of sp³-hybridized carbons (Fsp3) is 0.923. The molecule has 0 aromatic carbocycles. The van der Waals surface area contributed by atoms with Crippen LogP contribution in [0.4, 0.5) is 0 Å². The van der Waals surface area contributed by atoms with E-state index in [9.17, 15) is 4.79 Å². The van der Waals surface area contributed by atoms with Crippen molar-refractivity contribution in [1.82, 2.24) is 4.90 Å². The van der Waals surface area contributed by atoms with Crippen LogP contribution in [0.25, 0.3) is 0 Å². The first-order chi connectivity index (χ1) is 8.01. The van der Waals surface area contributed by atoms with Gasteiger partial charge in [-0.05, 0) is 24.7 Å². The Hall–Kier alpha value is -0.610. The molecule has 1 fully saturated rings. The van der Waals surface area contributed by atoms with Crippen molar-refractivity contribution >= 4 is 5.97 Å². The summed E-state index contributed by atoms with van der Waals surface area (Å²) in [5.74, 6) is 1.10. The molecule has 4 nitrogen and oxygen atoms in total. The fourth-order valence-corrected chi connectivity index (χ4v) is 2.65. The van der Waals surface area contributed by atoms with Crippen molar-refractivity contribution in [2.75, 3.05) is 26.7 Å². The zero-order valence-electron chi connectivity index (χ0n) is 11.3. The van der Waals surface area contributed by atoms with Crippen molar-refractivity contribution in [3.8, 4) is 0 Å². The third-order valence-electron chi connectivity index (χ3n) is 3.25. The second-order valence-electron chi connectivity index (χ2n) is 5.59. The minimum Gasteiger partial charge on any atom is -0.469 e. The molecule has 0 radical (unpaired) electrons. The SMILES string of the molecule is COC(=O)CCC1CC(N)CN(CC(C)C)C1. The average molecular weight is 242 g/mol. The zero-order chi connectivity index (χ0) is 12.8. The lowest BCUT2D eigenvalue weighted by atomic mass is 9.90. The molecule has 2 atom stereocenters. The predicted octanol–water partition coefficient (Wildman–Crippen LogP) is 1.24. The summed E-state index contributed by atoms with van der Waals surface area (Å²) in [6.07, 6.45) is 2.45. The molecular weight excluding hydrogens is 216 g/mol. The lowest BCUT2D eigenvalue weighted by Crippen LogP contribution is -2.48. The van der Waals surface area contributed by atoms with Gasteiger partial charge in [-0.15, -0.1) is 0 Å². The summed E-state index contributed by atoms with van der Waals surface area (Å²) in [6, 6.07) is 0.255. The summed E-state index contributed by atoms with van der Waals surface area (Å²) in [4.78, 5) is 13.6. The molecule has 0 aliphatic carbocycles. The smallest absolute Gasteiger partial charge is 0.305 e. The first-order valence-electron chi connectivity index (χ1n) is 6.56. The first kappa shape index (κ1) is 14.5. The molecule has 0 spiro atoms. The van der Waals surface area contributed by atoms with Gasteiger partial charge in [0.2, 0.25) is 0 Å². The minimum atomic E-state index is -0.112. The molecule has 0 saturated carbocycles. The summed E-state index contributed by atoms with van der Waals surface area (Å²) in [6.45, 7) is 7.62. The summed E-state index contributed by atoms with van der Waals surface area (Å²) >= 11 is 0. The standard InChI is InChI=1S/C13H26N2O2/c1-10(2)7-15-8-11(6-12(14)9-15)4-5-13(16)17-3/h10-12H,4-9,14H2,1-3H3. The van der Waals surface area contributed by atoms with Gasteiger partial charge in [-0.25, -0.2) is 0 Å². The molecular formula is C13H26N2O2. The maximum Gasteiger partial charge on any atom is 0.305 e. The Labute approximate surface area is 104 Å². The quantitative estimate of drug-likeness (QED) is 0.737. The Morgan fingerprint density at radius 1 is 1.47 bits per heavy atom. The second-order valence-corrected chi connectivity index (χ2v) is 5.59. The molecule has 1 rings (SSSR count). The van der Waals surface area contributed by atoms with E-state index in [2.05, 4.69) is 23.5 Å². The number of methoxy groups -OCH3 is 1. The number of carbonyl (C=O) groups excluding carboxylic acids is 1. The highest BCUT2D eigenvalue weighted by Crippen LogP contribution is 2.21. The number of rotatable bonds is 5. The molecule has 2 N–H and O–H groups in total. The summed E-state index contributed by atoms with van der Waals surface area (Å²) in [5.41, 5.74) is 6.07. The van der Waals surface area contributed by atoms with Crippen LogP contribution in [0.3, 0.4) is 0 Å². The Morgan fingerprint density at radius 3 is 2.76 bits per heavy atom. The molecule has 0 aromatic rings. The van der Waals surface area contributed by atoms with Gasteiger partial charge in [-0.1, -0.05) is 13.8 Å². The van der Waals surface area contributed by atoms with E-state index in [1.807, 2.05) is 0 Å². The van der Waals surface area contributed by atoms with Gasteiger partial charge in [0.25, 0.3) is 0 Å². The summed E-state index contributed by atoms with van der Waals surface area (Å²) in [5, 5.41) is 0. The molecule has 0 bridgehead atoms. The Morgan fingerprint density at radius 2 is 2.18 bits per heavy atom. The van der Waals surface area contributed by atoms with Gasteiger partial charge >= 0.3 is 5.97 Å². The van der Waals surface area contributed by atoms with Crippen molar-refractivity contribution < 1.29 is 9.53 Å². The van der Waals surface area contributed by atoms with Crippen LogP contribution >= 0.6 is 0 Å². The van der Waals surface area contributed by atoms with Gasteiger partial charge in [-0.2, -0.15) is 0 Å². The van der Waals surface area contributed by atoms with Crippen LogP contribution in [-0.4, -0.2) is 43.7 Å².